The Labute approximate surface area is 120 Å². The van der Waals surface area contributed by atoms with E-state index in [4.69, 9.17) is 0 Å². The van der Waals surface area contributed by atoms with Crippen LogP contribution >= 0.6 is 0 Å². The molecule has 1 aromatic carbocycles. The van der Waals surface area contributed by atoms with Gasteiger partial charge >= 0.3 is 0 Å². The molecule has 0 spiro atoms. The van der Waals surface area contributed by atoms with Crippen molar-refractivity contribution in [3.05, 3.63) is 40.6 Å². The van der Waals surface area contributed by atoms with E-state index in [1.807, 2.05) is 0 Å². The molecule has 2 heterocycles. The first-order valence-corrected chi connectivity index (χ1v) is 7.49. The zero-order valence-electron chi connectivity index (χ0n) is 12.6. The number of aromatic amines is 1. The van der Waals surface area contributed by atoms with E-state index in [1.54, 1.807) is 0 Å². The van der Waals surface area contributed by atoms with Crippen molar-refractivity contribution in [1.29, 1.82) is 0 Å². The molecule has 0 amide bonds. The number of nitrogens with one attached hydrogen (secondary N) is 2. The molecule has 1 unspecified atom stereocenters. The first-order chi connectivity index (χ1) is 9.65. The van der Waals surface area contributed by atoms with Crippen molar-refractivity contribution in [1.82, 2.24) is 15.5 Å². The Balaban J connectivity index is 1.91. The van der Waals surface area contributed by atoms with Crippen LogP contribution in [0.4, 0.5) is 0 Å². The third kappa shape index (κ3) is 2.50. The summed E-state index contributed by atoms with van der Waals surface area (Å²) in [6.07, 6.45) is 2.50. The van der Waals surface area contributed by atoms with E-state index in [0.717, 1.165) is 18.8 Å². The summed E-state index contributed by atoms with van der Waals surface area (Å²) >= 11 is 0. The minimum absolute atomic E-state index is 0.580. The number of nitrogens with zero attached hydrogens (tertiary/aromatic N) is 1. The lowest BCUT2D eigenvalue weighted by Gasteiger charge is -2.21. The number of H-pyrrole nitrogens is 1. The van der Waals surface area contributed by atoms with E-state index in [-0.39, 0.29) is 0 Å². The summed E-state index contributed by atoms with van der Waals surface area (Å²) in [6, 6.07) is 6.74. The van der Waals surface area contributed by atoms with Crippen LogP contribution in [-0.4, -0.2) is 23.3 Å². The summed E-state index contributed by atoms with van der Waals surface area (Å²) in [6.45, 7) is 8.70. The molecule has 0 bridgehead atoms. The summed E-state index contributed by atoms with van der Waals surface area (Å²) in [7, 11) is 0. The Bertz CT molecular complexity index is 607. The van der Waals surface area contributed by atoms with Crippen molar-refractivity contribution in [3.8, 4) is 11.3 Å². The van der Waals surface area contributed by atoms with Gasteiger partial charge in [-0.3, -0.25) is 5.10 Å². The molecular weight excluding hydrogens is 246 g/mol. The molecule has 0 saturated carbocycles. The predicted molar refractivity (Wildman–Crippen MR) is 83.1 cm³/mol. The second-order valence-corrected chi connectivity index (χ2v) is 6.00. The highest BCUT2D eigenvalue weighted by atomic mass is 15.1. The van der Waals surface area contributed by atoms with Crippen molar-refractivity contribution >= 4 is 0 Å². The fraction of sp³-hybridized carbons (Fsp3) is 0.471. The number of aromatic nitrogens is 2. The summed E-state index contributed by atoms with van der Waals surface area (Å²) in [4.78, 5) is 0. The van der Waals surface area contributed by atoms with E-state index in [9.17, 15) is 0 Å². The standard InChI is InChI=1S/C17H23N3/c1-11-7-13(3)15(8-12(11)2)17-9-16(19-20-17)14-5-4-6-18-10-14/h7-9,14,18H,4-6,10H2,1-3H3,(H,19,20). The Hall–Kier alpha value is -1.61. The topological polar surface area (TPSA) is 40.7 Å². The molecule has 2 aromatic rings. The van der Waals surface area contributed by atoms with Crippen molar-refractivity contribution in [3.63, 3.8) is 0 Å². The fourth-order valence-corrected chi connectivity index (χ4v) is 3.04. The predicted octanol–water partition coefficient (Wildman–Crippen LogP) is 3.47. The number of aryl methyl sites for hydroxylation is 3. The van der Waals surface area contributed by atoms with Gasteiger partial charge in [-0.05, 0) is 69.0 Å². The Morgan fingerprint density at radius 3 is 2.60 bits per heavy atom. The lowest BCUT2D eigenvalue weighted by Crippen LogP contribution is -2.28. The molecule has 0 radical (unpaired) electrons. The third-order valence-corrected chi connectivity index (χ3v) is 4.45. The van der Waals surface area contributed by atoms with Crippen LogP contribution in [0.5, 0.6) is 0 Å². The fourth-order valence-electron chi connectivity index (χ4n) is 3.04. The first kappa shape index (κ1) is 13.4. The molecule has 1 aromatic heterocycles. The van der Waals surface area contributed by atoms with E-state index in [0.29, 0.717) is 5.92 Å². The smallest absolute Gasteiger partial charge is 0.0926 e. The van der Waals surface area contributed by atoms with Crippen LogP contribution in [0.2, 0.25) is 0 Å². The lowest BCUT2D eigenvalue weighted by atomic mass is 9.94. The van der Waals surface area contributed by atoms with Crippen molar-refractivity contribution in [2.75, 3.05) is 13.1 Å². The van der Waals surface area contributed by atoms with Crippen LogP contribution in [0, 0.1) is 20.8 Å². The normalized spacial score (nSPS) is 19.2. The molecule has 3 heteroatoms. The van der Waals surface area contributed by atoms with Crippen molar-refractivity contribution in [2.45, 2.75) is 39.5 Å². The van der Waals surface area contributed by atoms with Gasteiger partial charge in [0.2, 0.25) is 0 Å². The monoisotopic (exact) mass is 269 g/mol. The summed E-state index contributed by atoms with van der Waals surface area (Å²) in [5, 5.41) is 11.2. The zero-order chi connectivity index (χ0) is 14.1. The highest BCUT2D eigenvalue weighted by Crippen LogP contribution is 2.28. The van der Waals surface area contributed by atoms with Crippen LogP contribution < -0.4 is 5.32 Å². The Kier molecular flexibility index (Phi) is 3.62. The second-order valence-electron chi connectivity index (χ2n) is 6.00. The maximum atomic E-state index is 4.54. The molecule has 1 aliphatic rings. The number of piperidine rings is 1. The molecule has 20 heavy (non-hydrogen) atoms. The maximum Gasteiger partial charge on any atom is 0.0926 e. The van der Waals surface area contributed by atoms with Gasteiger partial charge in [0, 0.05) is 23.7 Å². The number of rotatable bonds is 2. The highest BCUT2D eigenvalue weighted by molar-refractivity contribution is 5.65. The molecule has 2 N–H and O–H groups in total. The van der Waals surface area contributed by atoms with E-state index < -0.39 is 0 Å². The van der Waals surface area contributed by atoms with Gasteiger partial charge < -0.3 is 5.32 Å². The number of hydrogen-bond acceptors (Lipinski definition) is 2. The van der Waals surface area contributed by atoms with Gasteiger partial charge in [0.25, 0.3) is 0 Å². The van der Waals surface area contributed by atoms with Crippen LogP contribution in [0.15, 0.2) is 18.2 Å². The van der Waals surface area contributed by atoms with Crippen molar-refractivity contribution < 1.29 is 0 Å². The molecule has 3 nitrogen and oxygen atoms in total. The SMILES string of the molecule is Cc1cc(C)c(-c2cc(C3CCCNC3)[nH]n2)cc1C. The molecule has 1 saturated heterocycles. The van der Waals surface area contributed by atoms with Gasteiger partial charge in [-0.1, -0.05) is 6.07 Å². The van der Waals surface area contributed by atoms with Gasteiger partial charge in [-0.25, -0.2) is 0 Å². The van der Waals surface area contributed by atoms with Gasteiger partial charge in [0.05, 0.1) is 5.69 Å². The minimum atomic E-state index is 0.580. The van der Waals surface area contributed by atoms with E-state index in [2.05, 4.69) is 54.5 Å². The number of hydrogen-bond donors (Lipinski definition) is 2. The molecule has 1 aliphatic heterocycles. The summed E-state index contributed by atoms with van der Waals surface area (Å²) in [5.41, 5.74) is 7.57. The highest BCUT2D eigenvalue weighted by Gasteiger charge is 2.18. The summed E-state index contributed by atoms with van der Waals surface area (Å²) in [5.74, 6) is 0.580. The second kappa shape index (κ2) is 5.41. The number of benzene rings is 1. The van der Waals surface area contributed by atoms with Crippen molar-refractivity contribution in [2.24, 2.45) is 0 Å². The van der Waals surface area contributed by atoms with E-state index >= 15 is 0 Å². The molecular formula is C17H23N3. The quantitative estimate of drug-likeness (QED) is 0.876. The van der Waals surface area contributed by atoms with Gasteiger partial charge in [-0.2, -0.15) is 5.10 Å². The van der Waals surface area contributed by atoms with Crippen LogP contribution in [-0.2, 0) is 0 Å². The zero-order valence-corrected chi connectivity index (χ0v) is 12.6. The molecule has 106 valence electrons. The molecule has 1 fully saturated rings. The average molecular weight is 269 g/mol. The maximum absolute atomic E-state index is 4.54. The Morgan fingerprint density at radius 2 is 1.85 bits per heavy atom. The molecule has 1 atom stereocenters. The summed E-state index contributed by atoms with van der Waals surface area (Å²) < 4.78 is 0. The van der Waals surface area contributed by atoms with Crippen LogP contribution in [0.25, 0.3) is 11.3 Å². The first-order valence-electron chi connectivity index (χ1n) is 7.49. The van der Waals surface area contributed by atoms with Gasteiger partial charge in [-0.15, -0.1) is 0 Å². The van der Waals surface area contributed by atoms with Gasteiger partial charge in [0.15, 0.2) is 0 Å². The van der Waals surface area contributed by atoms with Gasteiger partial charge in [0.1, 0.15) is 0 Å². The lowest BCUT2D eigenvalue weighted by molar-refractivity contribution is 0.454. The molecule has 0 aliphatic carbocycles. The minimum Gasteiger partial charge on any atom is -0.316 e. The van der Waals surface area contributed by atoms with Crippen LogP contribution in [0.3, 0.4) is 0 Å². The van der Waals surface area contributed by atoms with E-state index in [1.165, 1.54) is 40.8 Å². The average Bonchev–Trinajstić information content (AvgIpc) is 2.93. The van der Waals surface area contributed by atoms with Crippen LogP contribution in [0.1, 0.15) is 41.1 Å². The Morgan fingerprint density at radius 1 is 1.05 bits per heavy atom. The third-order valence-electron chi connectivity index (χ3n) is 4.45. The largest absolute Gasteiger partial charge is 0.316 e. The molecule has 3 rings (SSSR count).